The van der Waals surface area contributed by atoms with E-state index in [9.17, 15) is 9.18 Å². The fourth-order valence-corrected chi connectivity index (χ4v) is 4.14. The summed E-state index contributed by atoms with van der Waals surface area (Å²) in [5.74, 6) is 1.01. The molecular weight excluding hydrogens is 411 g/mol. The Bertz CT molecular complexity index is 1110. The van der Waals surface area contributed by atoms with Crippen molar-refractivity contribution in [1.29, 1.82) is 0 Å². The molecule has 0 bridgehead atoms. The molecule has 29 heavy (non-hydrogen) atoms. The van der Waals surface area contributed by atoms with Gasteiger partial charge in [0, 0.05) is 5.69 Å². The highest BCUT2D eigenvalue weighted by atomic mass is 32.2. The Labute approximate surface area is 174 Å². The van der Waals surface area contributed by atoms with E-state index in [1.54, 1.807) is 36.7 Å². The third-order valence-corrected chi connectivity index (χ3v) is 5.97. The molecule has 3 heterocycles. The van der Waals surface area contributed by atoms with E-state index >= 15 is 0 Å². The molecule has 9 heteroatoms. The Hall–Kier alpha value is -2.91. The average molecular weight is 429 g/mol. The number of anilines is 1. The molecule has 1 aromatic carbocycles. The predicted molar refractivity (Wildman–Crippen MR) is 112 cm³/mol. The molecule has 3 aromatic heterocycles. The molecule has 4 rings (SSSR count). The van der Waals surface area contributed by atoms with Gasteiger partial charge in [0.1, 0.15) is 11.6 Å². The third kappa shape index (κ3) is 4.57. The lowest BCUT2D eigenvalue weighted by Crippen LogP contribution is -2.15. The lowest BCUT2D eigenvalue weighted by molar-refractivity contribution is -0.113. The first-order valence-corrected chi connectivity index (χ1v) is 10.6. The van der Waals surface area contributed by atoms with Gasteiger partial charge in [0.2, 0.25) is 5.91 Å². The van der Waals surface area contributed by atoms with Crippen molar-refractivity contribution in [3.8, 4) is 10.7 Å². The molecule has 6 nitrogen and oxygen atoms in total. The van der Waals surface area contributed by atoms with Crippen molar-refractivity contribution in [3.63, 3.8) is 0 Å². The number of thioether (sulfide) groups is 1. The number of aromatic nitrogens is 3. The van der Waals surface area contributed by atoms with Crippen molar-refractivity contribution in [1.82, 2.24) is 14.8 Å². The molecular formula is C20H17FN4O2S2. The van der Waals surface area contributed by atoms with Crippen molar-refractivity contribution in [3.05, 3.63) is 71.2 Å². The molecule has 0 aliphatic carbocycles. The highest BCUT2D eigenvalue weighted by Crippen LogP contribution is 2.28. The van der Waals surface area contributed by atoms with Gasteiger partial charge in [-0.1, -0.05) is 23.9 Å². The van der Waals surface area contributed by atoms with Gasteiger partial charge in [-0.05, 0) is 48.2 Å². The smallest absolute Gasteiger partial charge is 0.234 e. The summed E-state index contributed by atoms with van der Waals surface area (Å²) in [6.45, 7) is 2.13. The van der Waals surface area contributed by atoms with E-state index < -0.39 is 0 Å². The number of aryl methyl sites for hydroxylation is 1. The van der Waals surface area contributed by atoms with Crippen molar-refractivity contribution in [2.45, 2.75) is 18.6 Å². The number of furan rings is 1. The Morgan fingerprint density at radius 1 is 1.28 bits per heavy atom. The fourth-order valence-electron chi connectivity index (χ4n) is 2.68. The molecule has 0 saturated heterocycles. The molecule has 0 aliphatic heterocycles. The maximum absolute atomic E-state index is 13.7. The van der Waals surface area contributed by atoms with Gasteiger partial charge >= 0.3 is 0 Å². The Morgan fingerprint density at radius 3 is 2.90 bits per heavy atom. The van der Waals surface area contributed by atoms with Crippen LogP contribution in [0.2, 0.25) is 0 Å². The van der Waals surface area contributed by atoms with Gasteiger partial charge in [-0.25, -0.2) is 4.39 Å². The molecule has 148 valence electrons. The molecule has 0 spiro atoms. The molecule has 0 aliphatic rings. The van der Waals surface area contributed by atoms with Crippen LogP contribution in [0.5, 0.6) is 0 Å². The van der Waals surface area contributed by atoms with Crippen LogP contribution in [0.3, 0.4) is 0 Å². The first kappa shape index (κ1) is 19.4. The average Bonchev–Trinajstić information content (AvgIpc) is 3.45. The molecule has 0 fully saturated rings. The van der Waals surface area contributed by atoms with E-state index in [2.05, 4.69) is 15.5 Å². The molecule has 1 N–H and O–H groups in total. The lowest BCUT2D eigenvalue weighted by atomic mass is 10.2. The second-order valence-corrected chi connectivity index (χ2v) is 8.14. The zero-order valence-electron chi connectivity index (χ0n) is 15.5. The summed E-state index contributed by atoms with van der Waals surface area (Å²) < 4.78 is 21.1. The number of nitrogens with one attached hydrogen (secondary N) is 1. The number of carbonyl (C=O) groups excluding carboxylic acids is 1. The Balaban J connectivity index is 1.49. The largest absolute Gasteiger partial charge is 0.467 e. The summed E-state index contributed by atoms with van der Waals surface area (Å²) in [5.41, 5.74) is 0.958. The van der Waals surface area contributed by atoms with E-state index in [0.29, 0.717) is 23.0 Å². The number of amides is 1. The molecule has 0 unspecified atom stereocenters. The zero-order valence-corrected chi connectivity index (χ0v) is 17.1. The van der Waals surface area contributed by atoms with Crippen molar-refractivity contribution in [2.75, 3.05) is 11.1 Å². The number of hydrogen-bond acceptors (Lipinski definition) is 6. The number of nitrogens with zero attached hydrogens (tertiary/aromatic N) is 3. The minimum atomic E-state index is -0.353. The normalized spacial score (nSPS) is 11.0. The minimum absolute atomic E-state index is 0.121. The molecule has 4 aromatic rings. The highest BCUT2D eigenvalue weighted by Gasteiger charge is 2.17. The van der Waals surface area contributed by atoms with E-state index in [1.165, 1.54) is 17.8 Å². The minimum Gasteiger partial charge on any atom is -0.467 e. The maximum Gasteiger partial charge on any atom is 0.234 e. The van der Waals surface area contributed by atoms with Crippen LogP contribution in [0.1, 0.15) is 11.3 Å². The number of rotatable bonds is 7. The topological polar surface area (TPSA) is 73.0 Å². The van der Waals surface area contributed by atoms with Gasteiger partial charge in [-0.15, -0.1) is 21.5 Å². The van der Waals surface area contributed by atoms with Crippen LogP contribution in [0.15, 0.2) is 63.7 Å². The second-order valence-electron chi connectivity index (χ2n) is 6.25. The monoisotopic (exact) mass is 428 g/mol. The first-order valence-electron chi connectivity index (χ1n) is 8.78. The maximum atomic E-state index is 13.7. The van der Waals surface area contributed by atoms with Gasteiger partial charge in [-0.2, -0.15) is 0 Å². The Morgan fingerprint density at radius 2 is 2.17 bits per heavy atom. The van der Waals surface area contributed by atoms with Crippen LogP contribution in [0, 0.1) is 12.7 Å². The van der Waals surface area contributed by atoms with Crippen LogP contribution in [-0.2, 0) is 11.3 Å². The summed E-state index contributed by atoms with van der Waals surface area (Å²) in [5, 5.41) is 13.8. The van der Waals surface area contributed by atoms with Gasteiger partial charge in [0.05, 0.1) is 23.4 Å². The summed E-state index contributed by atoms with van der Waals surface area (Å²) >= 11 is 2.83. The quantitative estimate of drug-likeness (QED) is 0.427. The molecule has 1 amide bonds. The number of hydrogen-bond donors (Lipinski definition) is 1. The number of carbonyl (C=O) groups is 1. The standard InChI is InChI=1S/C20H17FN4O2S2/c1-13-6-7-14(10-16(13)21)22-18(26)12-29-20-24-23-19(17-5-3-9-28-17)25(20)11-15-4-2-8-27-15/h2-10H,11-12H2,1H3,(H,22,26). The van der Waals surface area contributed by atoms with Crippen LogP contribution in [0.25, 0.3) is 10.7 Å². The lowest BCUT2D eigenvalue weighted by Gasteiger charge is -2.09. The van der Waals surface area contributed by atoms with Crippen molar-refractivity contribution < 1.29 is 13.6 Å². The molecule has 0 radical (unpaired) electrons. The fraction of sp³-hybridized carbons (Fsp3) is 0.150. The highest BCUT2D eigenvalue weighted by molar-refractivity contribution is 7.99. The number of thiophene rings is 1. The van der Waals surface area contributed by atoms with Crippen molar-refractivity contribution in [2.24, 2.45) is 0 Å². The number of halogens is 1. The van der Waals surface area contributed by atoms with Gasteiger partial charge in [0.15, 0.2) is 11.0 Å². The summed E-state index contributed by atoms with van der Waals surface area (Å²) in [4.78, 5) is 13.3. The summed E-state index contributed by atoms with van der Waals surface area (Å²) in [6.07, 6.45) is 1.62. The number of benzene rings is 1. The van der Waals surface area contributed by atoms with Crippen LogP contribution in [-0.4, -0.2) is 26.4 Å². The zero-order chi connectivity index (χ0) is 20.2. The van der Waals surface area contributed by atoms with Gasteiger partial charge < -0.3 is 9.73 Å². The summed E-state index contributed by atoms with van der Waals surface area (Å²) in [7, 11) is 0. The van der Waals surface area contributed by atoms with Gasteiger partial charge in [0.25, 0.3) is 0 Å². The van der Waals surface area contributed by atoms with Crippen molar-refractivity contribution >= 4 is 34.7 Å². The van der Waals surface area contributed by atoms with Crippen LogP contribution >= 0.6 is 23.1 Å². The van der Waals surface area contributed by atoms with E-state index in [0.717, 1.165) is 16.5 Å². The predicted octanol–water partition coefficient (Wildman–Crippen LogP) is 4.83. The SMILES string of the molecule is Cc1ccc(NC(=O)CSc2nnc(-c3cccs3)n2Cc2ccco2)cc1F. The van der Waals surface area contributed by atoms with Crippen LogP contribution in [0.4, 0.5) is 10.1 Å². The first-order chi connectivity index (χ1) is 14.1. The second kappa shape index (κ2) is 8.62. The summed E-state index contributed by atoms with van der Waals surface area (Å²) in [6, 6.07) is 12.2. The van der Waals surface area contributed by atoms with E-state index in [1.807, 2.05) is 34.2 Å². The van der Waals surface area contributed by atoms with Crippen LogP contribution < -0.4 is 5.32 Å². The Kier molecular flexibility index (Phi) is 5.77. The van der Waals surface area contributed by atoms with Gasteiger partial charge in [-0.3, -0.25) is 9.36 Å². The third-order valence-electron chi connectivity index (χ3n) is 4.14. The molecule has 0 atom stereocenters. The van der Waals surface area contributed by atoms with E-state index in [4.69, 9.17) is 4.42 Å². The molecule has 0 saturated carbocycles. The van der Waals surface area contributed by atoms with E-state index in [-0.39, 0.29) is 17.5 Å².